The Morgan fingerprint density at radius 2 is 1.97 bits per heavy atom. The van der Waals surface area contributed by atoms with E-state index in [0.717, 1.165) is 18.4 Å². The van der Waals surface area contributed by atoms with Gasteiger partial charge in [-0.25, -0.2) is 4.79 Å². The Labute approximate surface area is 199 Å². The van der Waals surface area contributed by atoms with E-state index >= 15 is 0 Å². The monoisotopic (exact) mass is 481 g/mol. The molecule has 0 spiro atoms. The van der Waals surface area contributed by atoms with Gasteiger partial charge in [-0.15, -0.1) is 10.2 Å². The molecule has 2 aromatic carbocycles. The molecule has 0 saturated carbocycles. The third-order valence-corrected chi connectivity index (χ3v) is 6.68. The van der Waals surface area contributed by atoms with E-state index in [4.69, 9.17) is 14.2 Å². The van der Waals surface area contributed by atoms with E-state index in [-0.39, 0.29) is 29.8 Å². The normalized spacial score (nSPS) is 16.4. The Morgan fingerprint density at radius 1 is 1.12 bits per heavy atom. The van der Waals surface area contributed by atoms with Gasteiger partial charge in [0.25, 0.3) is 5.91 Å². The van der Waals surface area contributed by atoms with E-state index in [0.29, 0.717) is 40.2 Å². The van der Waals surface area contributed by atoms with Gasteiger partial charge in [0.15, 0.2) is 11.5 Å². The molecule has 1 saturated heterocycles. The number of aromatic nitrogens is 2. The molecule has 3 amide bonds. The lowest BCUT2D eigenvalue weighted by molar-refractivity contribution is 0.102. The van der Waals surface area contributed by atoms with Crippen molar-refractivity contribution in [1.29, 1.82) is 0 Å². The Balaban J connectivity index is 1.28. The highest BCUT2D eigenvalue weighted by molar-refractivity contribution is 7.13. The van der Waals surface area contributed by atoms with Crippen LogP contribution in [-0.2, 0) is 0 Å². The molecule has 2 aliphatic heterocycles. The van der Waals surface area contributed by atoms with Gasteiger partial charge in [0.1, 0.15) is 10.8 Å². The number of nitrogens with one attached hydrogen (secondary N) is 2. The van der Waals surface area contributed by atoms with Crippen LogP contribution in [-0.4, -0.2) is 47.5 Å². The van der Waals surface area contributed by atoms with E-state index in [2.05, 4.69) is 20.8 Å². The summed E-state index contributed by atoms with van der Waals surface area (Å²) in [5, 5.41) is 14.9. The summed E-state index contributed by atoms with van der Waals surface area (Å²) in [6.07, 6.45) is 1.58. The number of amides is 3. The fraction of sp³-hybridized carbons (Fsp3) is 0.304. The SMILES string of the molecule is COc1ccc(C)cc1NC(=O)N1CCCC1c1nnc(C(=O)Nc2ccc3c(c2)OCO3)s1. The number of ether oxygens (including phenoxy) is 3. The number of likely N-dealkylation sites (tertiary alicyclic amines) is 1. The summed E-state index contributed by atoms with van der Waals surface area (Å²) in [5.41, 5.74) is 2.19. The molecule has 176 valence electrons. The van der Waals surface area contributed by atoms with Crippen LogP contribution in [0.25, 0.3) is 0 Å². The lowest BCUT2D eigenvalue weighted by atomic mass is 10.2. The highest BCUT2D eigenvalue weighted by Crippen LogP contribution is 2.36. The minimum Gasteiger partial charge on any atom is -0.495 e. The predicted octanol–water partition coefficient (Wildman–Crippen LogP) is 4.21. The second kappa shape index (κ2) is 9.18. The highest BCUT2D eigenvalue weighted by Gasteiger charge is 2.33. The maximum absolute atomic E-state index is 13.1. The lowest BCUT2D eigenvalue weighted by Gasteiger charge is -2.23. The summed E-state index contributed by atoms with van der Waals surface area (Å²) in [6, 6.07) is 10.3. The Hall–Kier alpha value is -3.86. The van der Waals surface area contributed by atoms with Crippen LogP contribution >= 0.6 is 11.3 Å². The molecule has 3 heterocycles. The Kier molecular flexibility index (Phi) is 5.93. The van der Waals surface area contributed by atoms with Crippen LogP contribution in [0, 0.1) is 6.92 Å². The first-order chi connectivity index (χ1) is 16.5. The van der Waals surface area contributed by atoms with Crippen molar-refractivity contribution in [2.24, 2.45) is 0 Å². The van der Waals surface area contributed by atoms with Crippen LogP contribution in [0.15, 0.2) is 36.4 Å². The van der Waals surface area contributed by atoms with Crippen LogP contribution in [0.2, 0.25) is 0 Å². The van der Waals surface area contributed by atoms with Crippen LogP contribution in [0.5, 0.6) is 17.2 Å². The van der Waals surface area contributed by atoms with Crippen molar-refractivity contribution in [3.8, 4) is 17.2 Å². The van der Waals surface area contributed by atoms with Crippen molar-refractivity contribution in [3.63, 3.8) is 0 Å². The number of rotatable bonds is 5. The lowest BCUT2D eigenvalue weighted by Crippen LogP contribution is -2.34. The number of benzene rings is 2. The van der Waals surface area contributed by atoms with Crippen LogP contribution < -0.4 is 24.8 Å². The molecule has 11 heteroatoms. The van der Waals surface area contributed by atoms with E-state index in [1.807, 2.05) is 25.1 Å². The molecule has 1 aromatic heterocycles. The van der Waals surface area contributed by atoms with Crippen molar-refractivity contribution in [2.75, 3.05) is 31.1 Å². The minimum absolute atomic E-state index is 0.161. The van der Waals surface area contributed by atoms with Crippen molar-refractivity contribution in [2.45, 2.75) is 25.8 Å². The molecule has 1 unspecified atom stereocenters. The third-order valence-electron chi connectivity index (χ3n) is 5.66. The molecule has 0 aliphatic carbocycles. The average Bonchev–Trinajstić information content (AvgIpc) is 3.59. The summed E-state index contributed by atoms with van der Waals surface area (Å²) in [6.45, 7) is 2.70. The molecule has 0 bridgehead atoms. The van der Waals surface area contributed by atoms with Crippen molar-refractivity contribution in [1.82, 2.24) is 15.1 Å². The maximum atomic E-state index is 13.1. The van der Waals surface area contributed by atoms with Crippen LogP contribution in [0.1, 0.15) is 39.3 Å². The van der Waals surface area contributed by atoms with Gasteiger partial charge in [-0.2, -0.15) is 0 Å². The number of urea groups is 1. The summed E-state index contributed by atoms with van der Waals surface area (Å²) >= 11 is 1.18. The average molecular weight is 482 g/mol. The standard InChI is InChI=1S/C23H23N5O5S/c1-13-5-7-17(31-2)15(10-13)25-23(30)28-9-3-4-16(28)21-26-27-22(34-21)20(29)24-14-6-8-18-19(11-14)33-12-32-18/h5-8,10-11,16H,3-4,9,12H2,1-2H3,(H,24,29)(H,25,30). The maximum Gasteiger partial charge on any atom is 0.322 e. The molecule has 2 N–H and O–H groups in total. The van der Waals surface area contributed by atoms with Gasteiger partial charge >= 0.3 is 6.03 Å². The van der Waals surface area contributed by atoms with E-state index in [9.17, 15) is 9.59 Å². The van der Waals surface area contributed by atoms with Gasteiger partial charge in [-0.05, 0) is 49.6 Å². The second-order valence-corrected chi connectivity index (χ2v) is 8.96. The first kappa shape index (κ1) is 22.0. The largest absolute Gasteiger partial charge is 0.495 e. The summed E-state index contributed by atoms with van der Waals surface area (Å²) in [7, 11) is 1.57. The number of nitrogens with zero attached hydrogens (tertiary/aromatic N) is 3. The number of hydrogen-bond acceptors (Lipinski definition) is 8. The van der Waals surface area contributed by atoms with Gasteiger partial charge in [-0.1, -0.05) is 17.4 Å². The molecule has 1 fully saturated rings. The second-order valence-electron chi connectivity index (χ2n) is 7.95. The first-order valence-corrected chi connectivity index (χ1v) is 11.6. The molecule has 1 atom stereocenters. The quantitative estimate of drug-likeness (QED) is 0.561. The topological polar surface area (TPSA) is 115 Å². The van der Waals surface area contributed by atoms with Crippen LogP contribution in [0.3, 0.4) is 0 Å². The highest BCUT2D eigenvalue weighted by atomic mass is 32.1. The van der Waals surface area contributed by atoms with Gasteiger partial charge in [0.05, 0.1) is 18.8 Å². The summed E-state index contributed by atoms with van der Waals surface area (Å²) in [5.74, 6) is 1.43. The Bertz CT molecular complexity index is 1250. The van der Waals surface area contributed by atoms with Crippen molar-refractivity contribution < 1.29 is 23.8 Å². The Morgan fingerprint density at radius 3 is 2.82 bits per heavy atom. The molecular formula is C23H23N5O5S. The number of fused-ring (bicyclic) bond motifs is 1. The molecule has 34 heavy (non-hydrogen) atoms. The summed E-state index contributed by atoms with van der Waals surface area (Å²) in [4.78, 5) is 27.5. The predicted molar refractivity (Wildman–Crippen MR) is 126 cm³/mol. The van der Waals surface area contributed by atoms with Gasteiger partial charge in [-0.3, -0.25) is 4.79 Å². The number of carbonyl (C=O) groups excluding carboxylic acids is 2. The van der Waals surface area contributed by atoms with E-state index in [1.165, 1.54) is 11.3 Å². The van der Waals surface area contributed by atoms with Gasteiger partial charge < -0.3 is 29.7 Å². The molecule has 5 rings (SSSR count). The zero-order valence-electron chi connectivity index (χ0n) is 18.7. The molecule has 2 aliphatic rings. The van der Waals surface area contributed by atoms with E-state index in [1.54, 1.807) is 30.2 Å². The molecule has 10 nitrogen and oxygen atoms in total. The fourth-order valence-electron chi connectivity index (χ4n) is 3.99. The number of carbonyl (C=O) groups is 2. The van der Waals surface area contributed by atoms with Gasteiger partial charge in [0, 0.05) is 18.3 Å². The molecule has 0 radical (unpaired) electrons. The van der Waals surface area contributed by atoms with E-state index < -0.39 is 0 Å². The minimum atomic E-state index is -0.374. The number of hydrogen-bond donors (Lipinski definition) is 2. The number of anilines is 2. The fourth-order valence-corrected chi connectivity index (χ4v) is 4.88. The number of aryl methyl sites for hydroxylation is 1. The smallest absolute Gasteiger partial charge is 0.322 e. The number of methoxy groups -OCH3 is 1. The van der Waals surface area contributed by atoms with Gasteiger partial charge in [0.2, 0.25) is 11.8 Å². The third kappa shape index (κ3) is 4.34. The molecular weight excluding hydrogens is 458 g/mol. The molecule has 3 aromatic rings. The van der Waals surface area contributed by atoms with Crippen molar-refractivity contribution in [3.05, 3.63) is 52.0 Å². The zero-order chi connectivity index (χ0) is 23.7. The zero-order valence-corrected chi connectivity index (χ0v) is 19.5. The summed E-state index contributed by atoms with van der Waals surface area (Å²) < 4.78 is 16.0. The van der Waals surface area contributed by atoms with Crippen molar-refractivity contribution >= 4 is 34.6 Å². The first-order valence-electron chi connectivity index (χ1n) is 10.8. The van der Waals surface area contributed by atoms with Crippen LogP contribution in [0.4, 0.5) is 16.2 Å².